The van der Waals surface area contributed by atoms with Crippen molar-refractivity contribution in [3.63, 3.8) is 0 Å². The first-order valence-electron chi connectivity index (χ1n) is 8.88. The normalized spacial score (nSPS) is 11.9. The molecule has 144 valence electrons. The number of benzene rings is 1. The minimum atomic E-state index is -0.792. The molecule has 0 radical (unpaired) electrons. The van der Waals surface area contributed by atoms with E-state index in [1.165, 1.54) is 11.3 Å². The third-order valence-corrected chi connectivity index (χ3v) is 5.10. The van der Waals surface area contributed by atoms with Crippen LogP contribution in [0.4, 0.5) is 0 Å². The van der Waals surface area contributed by atoms with E-state index < -0.39 is 12.0 Å². The predicted octanol–water partition coefficient (Wildman–Crippen LogP) is 3.47. The largest absolute Gasteiger partial charge is 0.456 e. The Morgan fingerprint density at radius 2 is 1.78 bits per heavy atom. The second-order valence-corrected chi connectivity index (χ2v) is 8.27. The van der Waals surface area contributed by atoms with E-state index in [1.807, 2.05) is 58.0 Å². The molecule has 0 aliphatic carbocycles. The lowest BCUT2D eigenvalue weighted by Gasteiger charge is -2.20. The molecule has 2 rings (SSSR count). The summed E-state index contributed by atoms with van der Waals surface area (Å²) in [6.07, 6.45) is 0.184. The summed E-state index contributed by atoms with van der Waals surface area (Å²) in [6, 6.07) is 10.3. The van der Waals surface area contributed by atoms with Gasteiger partial charge < -0.3 is 10.1 Å². The molecule has 6 heteroatoms. The molecule has 1 N–H and O–H groups in total. The molecule has 1 heterocycles. The molecule has 0 spiro atoms. The van der Waals surface area contributed by atoms with Crippen molar-refractivity contribution < 1.29 is 19.1 Å². The molecule has 0 aliphatic rings. The first-order chi connectivity index (χ1) is 12.8. The van der Waals surface area contributed by atoms with Gasteiger partial charge in [-0.1, -0.05) is 44.2 Å². The summed E-state index contributed by atoms with van der Waals surface area (Å²) in [5.41, 5.74) is 1.45. The average Bonchev–Trinajstić information content (AvgIpc) is 2.96. The van der Waals surface area contributed by atoms with Crippen LogP contribution in [-0.4, -0.2) is 30.3 Å². The third-order valence-electron chi connectivity index (χ3n) is 4.13. The van der Waals surface area contributed by atoms with Gasteiger partial charge in [0.25, 0.3) is 0 Å². The van der Waals surface area contributed by atoms with Gasteiger partial charge in [0.1, 0.15) is 6.04 Å². The Labute approximate surface area is 163 Å². The van der Waals surface area contributed by atoms with Crippen LogP contribution >= 0.6 is 11.3 Å². The lowest BCUT2D eigenvalue weighted by Crippen LogP contribution is -2.46. The lowest BCUT2D eigenvalue weighted by atomic mass is 10.0. The number of aryl methyl sites for hydroxylation is 2. The van der Waals surface area contributed by atoms with E-state index in [2.05, 4.69) is 5.32 Å². The van der Waals surface area contributed by atoms with E-state index in [-0.39, 0.29) is 30.6 Å². The zero-order valence-electron chi connectivity index (χ0n) is 16.1. The standard InChI is InChI=1S/C21H25NO4S/c1-13(2)20(22-19(24)11-16-8-6-5-7-9-16)21(25)26-12-18(23)17-10-14(3)27-15(17)4/h5-10,13,20H,11-12H2,1-4H3,(H,22,24)/t20-/m0/s1. The number of ketones is 1. The molecule has 2 aromatic rings. The van der Waals surface area contributed by atoms with Crippen LogP contribution < -0.4 is 5.32 Å². The zero-order valence-corrected chi connectivity index (χ0v) is 16.9. The number of amides is 1. The number of Topliss-reactive ketones (excluding diaryl/α,β-unsaturated/α-hetero) is 1. The van der Waals surface area contributed by atoms with E-state index in [4.69, 9.17) is 4.74 Å². The smallest absolute Gasteiger partial charge is 0.329 e. The van der Waals surface area contributed by atoms with Crippen molar-refractivity contribution in [3.05, 3.63) is 57.3 Å². The quantitative estimate of drug-likeness (QED) is 0.556. The number of thiophene rings is 1. The molecule has 0 saturated carbocycles. The topological polar surface area (TPSA) is 72.5 Å². The van der Waals surface area contributed by atoms with E-state index in [0.717, 1.165) is 15.3 Å². The highest BCUT2D eigenvalue weighted by atomic mass is 32.1. The Kier molecular flexibility index (Phi) is 7.30. The van der Waals surface area contributed by atoms with Gasteiger partial charge >= 0.3 is 5.97 Å². The molecular formula is C21H25NO4S. The fourth-order valence-corrected chi connectivity index (χ4v) is 3.66. The molecule has 5 nitrogen and oxygen atoms in total. The maximum atomic E-state index is 12.4. The van der Waals surface area contributed by atoms with Gasteiger partial charge in [0.05, 0.1) is 6.42 Å². The zero-order chi connectivity index (χ0) is 20.0. The van der Waals surface area contributed by atoms with Gasteiger partial charge in [0.2, 0.25) is 11.7 Å². The molecule has 0 aliphatic heterocycles. The number of carbonyl (C=O) groups excluding carboxylic acids is 3. The summed E-state index contributed by atoms with van der Waals surface area (Å²) in [5, 5.41) is 2.72. The number of rotatable bonds is 8. The lowest BCUT2D eigenvalue weighted by molar-refractivity contribution is -0.148. The van der Waals surface area contributed by atoms with Crippen molar-refractivity contribution in [1.29, 1.82) is 0 Å². The SMILES string of the molecule is Cc1cc(C(=O)COC(=O)[C@@H](NC(=O)Cc2ccccc2)C(C)C)c(C)s1. The molecule has 0 unspecified atom stereocenters. The van der Waals surface area contributed by atoms with Gasteiger partial charge in [-0.2, -0.15) is 0 Å². The predicted molar refractivity (Wildman–Crippen MR) is 106 cm³/mol. The Bertz CT molecular complexity index is 811. The van der Waals surface area contributed by atoms with Gasteiger partial charge in [0, 0.05) is 15.3 Å². The van der Waals surface area contributed by atoms with Crippen LogP contribution in [0.15, 0.2) is 36.4 Å². The van der Waals surface area contributed by atoms with Crippen molar-refractivity contribution in [2.45, 2.75) is 40.2 Å². The summed E-state index contributed by atoms with van der Waals surface area (Å²) in [5.74, 6) is -1.24. The van der Waals surface area contributed by atoms with Crippen molar-refractivity contribution in [2.24, 2.45) is 5.92 Å². The molecule has 1 aromatic carbocycles. The van der Waals surface area contributed by atoms with E-state index in [0.29, 0.717) is 5.56 Å². The third kappa shape index (κ3) is 6.03. The van der Waals surface area contributed by atoms with Crippen LogP contribution in [0.1, 0.15) is 39.5 Å². The first kappa shape index (κ1) is 20.8. The number of hydrogen-bond donors (Lipinski definition) is 1. The average molecular weight is 388 g/mol. The molecule has 0 fully saturated rings. The highest BCUT2D eigenvalue weighted by Gasteiger charge is 2.26. The summed E-state index contributed by atoms with van der Waals surface area (Å²) >= 11 is 1.53. The number of hydrogen-bond acceptors (Lipinski definition) is 5. The van der Waals surface area contributed by atoms with Crippen molar-refractivity contribution in [3.8, 4) is 0 Å². The van der Waals surface area contributed by atoms with E-state index in [9.17, 15) is 14.4 Å². The number of ether oxygens (including phenoxy) is 1. The van der Waals surface area contributed by atoms with Crippen LogP contribution in [0.2, 0.25) is 0 Å². The first-order valence-corrected chi connectivity index (χ1v) is 9.69. The molecule has 0 saturated heterocycles. The van der Waals surface area contributed by atoms with Gasteiger partial charge in [-0.15, -0.1) is 11.3 Å². The summed E-state index contributed by atoms with van der Waals surface area (Å²) in [7, 11) is 0. The fourth-order valence-electron chi connectivity index (χ4n) is 2.72. The van der Waals surface area contributed by atoms with Crippen molar-refractivity contribution in [2.75, 3.05) is 6.61 Å². The van der Waals surface area contributed by atoms with Crippen LogP contribution in [0, 0.1) is 19.8 Å². The minimum absolute atomic E-state index is 0.155. The second-order valence-electron chi connectivity index (χ2n) is 6.81. The van der Waals surface area contributed by atoms with Crippen molar-refractivity contribution >= 4 is 29.0 Å². The van der Waals surface area contributed by atoms with Crippen LogP contribution in [0.3, 0.4) is 0 Å². The van der Waals surface area contributed by atoms with Crippen LogP contribution in [-0.2, 0) is 20.7 Å². The molecule has 1 aromatic heterocycles. The Morgan fingerprint density at radius 1 is 1.11 bits per heavy atom. The Hall–Kier alpha value is -2.47. The van der Waals surface area contributed by atoms with Gasteiger partial charge in [-0.25, -0.2) is 4.79 Å². The van der Waals surface area contributed by atoms with Crippen LogP contribution in [0.25, 0.3) is 0 Å². The highest BCUT2D eigenvalue weighted by Crippen LogP contribution is 2.21. The van der Waals surface area contributed by atoms with Crippen molar-refractivity contribution in [1.82, 2.24) is 5.32 Å². The molecule has 1 atom stereocenters. The van der Waals surface area contributed by atoms with E-state index >= 15 is 0 Å². The Morgan fingerprint density at radius 3 is 2.33 bits per heavy atom. The summed E-state index contributed by atoms with van der Waals surface area (Å²) in [6.45, 7) is 7.12. The highest BCUT2D eigenvalue weighted by molar-refractivity contribution is 7.12. The summed E-state index contributed by atoms with van der Waals surface area (Å²) in [4.78, 5) is 38.9. The number of esters is 1. The maximum absolute atomic E-state index is 12.4. The Balaban J connectivity index is 1.93. The maximum Gasteiger partial charge on any atom is 0.329 e. The van der Waals surface area contributed by atoms with Gasteiger partial charge in [0.15, 0.2) is 6.61 Å². The van der Waals surface area contributed by atoms with E-state index in [1.54, 1.807) is 6.07 Å². The minimum Gasteiger partial charge on any atom is -0.456 e. The summed E-state index contributed by atoms with van der Waals surface area (Å²) < 4.78 is 5.20. The monoisotopic (exact) mass is 387 g/mol. The molecule has 0 bridgehead atoms. The molecule has 27 heavy (non-hydrogen) atoms. The number of nitrogens with one attached hydrogen (secondary N) is 1. The van der Waals surface area contributed by atoms with Gasteiger partial charge in [-0.05, 0) is 31.4 Å². The van der Waals surface area contributed by atoms with Crippen LogP contribution in [0.5, 0.6) is 0 Å². The number of carbonyl (C=O) groups is 3. The fraction of sp³-hybridized carbons (Fsp3) is 0.381. The second kappa shape index (κ2) is 9.46. The molecular weight excluding hydrogens is 362 g/mol. The molecule has 1 amide bonds. The van der Waals surface area contributed by atoms with Gasteiger partial charge in [-0.3, -0.25) is 9.59 Å².